The highest BCUT2D eigenvalue weighted by Crippen LogP contribution is 2.09. The zero-order valence-corrected chi connectivity index (χ0v) is 8.06. The van der Waals surface area contributed by atoms with Gasteiger partial charge in [0.2, 0.25) is 0 Å². The van der Waals surface area contributed by atoms with Gasteiger partial charge in [0, 0.05) is 26.2 Å². The molecule has 12 heavy (non-hydrogen) atoms. The average molecular weight is 166 g/mol. The highest BCUT2D eigenvalue weighted by atomic mass is 15.1. The predicted molar refractivity (Wildman–Crippen MR) is 53.3 cm³/mol. The van der Waals surface area contributed by atoms with Crippen LogP contribution in [0.3, 0.4) is 0 Å². The van der Waals surface area contributed by atoms with Crippen LogP contribution in [0.1, 0.15) is 6.92 Å². The second-order valence-electron chi connectivity index (χ2n) is 3.47. The number of rotatable bonds is 4. The topological polar surface area (TPSA) is 15.3 Å². The number of hydrogen-bond acceptors (Lipinski definition) is 2. The van der Waals surface area contributed by atoms with Gasteiger partial charge in [-0.25, -0.2) is 0 Å². The van der Waals surface area contributed by atoms with Gasteiger partial charge in [0.05, 0.1) is 0 Å². The Balaban J connectivity index is 2.34. The highest BCUT2D eigenvalue weighted by molar-refractivity contribution is 5.22. The normalized spacial score (nSPS) is 16.1. The lowest BCUT2D eigenvalue weighted by Gasteiger charge is -2.24. The number of likely N-dealkylation sites (N-methyl/N-ethyl adjacent to an activating group) is 1. The summed E-state index contributed by atoms with van der Waals surface area (Å²) in [7, 11) is 2.12. The van der Waals surface area contributed by atoms with Gasteiger partial charge in [0.15, 0.2) is 0 Å². The quantitative estimate of drug-likeness (QED) is 0.627. The molecular weight excluding hydrogens is 148 g/mol. The van der Waals surface area contributed by atoms with Gasteiger partial charge in [-0.2, -0.15) is 0 Å². The Labute approximate surface area is 74.9 Å². The van der Waals surface area contributed by atoms with Crippen molar-refractivity contribution >= 4 is 0 Å². The summed E-state index contributed by atoms with van der Waals surface area (Å²) in [5, 5.41) is 3.25. The van der Waals surface area contributed by atoms with Crippen molar-refractivity contribution in [3.63, 3.8) is 0 Å². The Morgan fingerprint density at radius 2 is 2.33 bits per heavy atom. The van der Waals surface area contributed by atoms with Crippen LogP contribution in [-0.2, 0) is 0 Å². The third-order valence-electron chi connectivity index (χ3n) is 2.23. The lowest BCUT2D eigenvalue weighted by molar-refractivity contribution is 0.399. The van der Waals surface area contributed by atoms with Crippen LogP contribution in [0.15, 0.2) is 23.8 Å². The summed E-state index contributed by atoms with van der Waals surface area (Å²) in [6.07, 6.45) is 1.94. The van der Waals surface area contributed by atoms with E-state index in [0.29, 0.717) is 0 Å². The van der Waals surface area contributed by atoms with Gasteiger partial charge in [-0.3, -0.25) is 4.90 Å². The largest absolute Gasteiger partial charge is 0.309 e. The summed E-state index contributed by atoms with van der Waals surface area (Å²) in [6.45, 7) is 10.2. The van der Waals surface area contributed by atoms with Gasteiger partial charge < -0.3 is 5.32 Å². The molecule has 0 aliphatic carbocycles. The minimum atomic E-state index is 0.970. The van der Waals surface area contributed by atoms with Gasteiger partial charge in [0.1, 0.15) is 0 Å². The van der Waals surface area contributed by atoms with Crippen LogP contribution in [-0.4, -0.2) is 38.1 Å². The monoisotopic (exact) mass is 166 g/mol. The predicted octanol–water partition coefficient (Wildman–Crippen LogP) is 1.02. The first kappa shape index (κ1) is 9.49. The fourth-order valence-corrected chi connectivity index (χ4v) is 1.35. The molecule has 0 aromatic carbocycles. The first-order valence-corrected chi connectivity index (χ1v) is 4.41. The molecule has 0 aromatic heterocycles. The molecule has 1 rings (SSSR count). The number of nitrogens with one attached hydrogen (secondary N) is 1. The van der Waals surface area contributed by atoms with E-state index in [-0.39, 0.29) is 0 Å². The summed E-state index contributed by atoms with van der Waals surface area (Å²) < 4.78 is 0. The third-order valence-corrected chi connectivity index (χ3v) is 2.23. The van der Waals surface area contributed by atoms with E-state index in [2.05, 4.69) is 30.8 Å². The summed E-state index contributed by atoms with van der Waals surface area (Å²) in [6, 6.07) is 0. The lowest BCUT2D eigenvalue weighted by Crippen LogP contribution is -2.36. The average Bonchev–Trinajstić information content (AvgIpc) is 1.82. The van der Waals surface area contributed by atoms with Crippen molar-refractivity contribution in [1.29, 1.82) is 0 Å². The van der Waals surface area contributed by atoms with E-state index in [1.807, 2.05) is 6.08 Å². The van der Waals surface area contributed by atoms with E-state index >= 15 is 0 Å². The fraction of sp³-hybridized carbons (Fsp3) is 0.600. The lowest BCUT2D eigenvalue weighted by atomic mass is 10.0. The van der Waals surface area contributed by atoms with Gasteiger partial charge in [-0.05, 0) is 19.5 Å². The molecule has 1 heterocycles. The molecule has 1 aliphatic heterocycles. The Kier molecular flexibility index (Phi) is 3.50. The van der Waals surface area contributed by atoms with Crippen LogP contribution in [0, 0.1) is 0 Å². The Morgan fingerprint density at radius 3 is 2.75 bits per heavy atom. The van der Waals surface area contributed by atoms with Crippen LogP contribution in [0.4, 0.5) is 0 Å². The molecule has 0 bridgehead atoms. The highest BCUT2D eigenvalue weighted by Gasteiger charge is 2.11. The Hall–Kier alpha value is -0.600. The molecule has 1 fully saturated rings. The smallest absolute Gasteiger partial charge is 0.0194 e. The molecule has 0 amide bonds. The minimum Gasteiger partial charge on any atom is -0.309 e. The van der Waals surface area contributed by atoms with Gasteiger partial charge >= 0.3 is 0 Å². The first-order valence-electron chi connectivity index (χ1n) is 4.41. The molecule has 2 nitrogen and oxygen atoms in total. The molecule has 2 heteroatoms. The summed E-state index contributed by atoms with van der Waals surface area (Å²) in [5.41, 5.74) is 3.09. The number of hydrogen-bond donors (Lipinski definition) is 1. The van der Waals surface area contributed by atoms with E-state index in [9.17, 15) is 0 Å². The molecule has 68 valence electrons. The molecule has 0 atom stereocenters. The van der Waals surface area contributed by atoms with Gasteiger partial charge in [-0.1, -0.05) is 11.6 Å². The summed E-state index contributed by atoms with van der Waals surface area (Å²) >= 11 is 0. The maximum absolute atomic E-state index is 3.72. The van der Waals surface area contributed by atoms with Crippen molar-refractivity contribution < 1.29 is 0 Å². The zero-order chi connectivity index (χ0) is 8.97. The Bertz CT molecular complexity index is 188. The van der Waals surface area contributed by atoms with Crippen molar-refractivity contribution in [2.45, 2.75) is 6.92 Å². The summed E-state index contributed by atoms with van der Waals surface area (Å²) in [4.78, 5) is 2.27. The molecule has 0 unspecified atom stereocenters. The van der Waals surface area contributed by atoms with E-state index in [1.54, 1.807) is 5.57 Å². The summed E-state index contributed by atoms with van der Waals surface area (Å²) in [5.74, 6) is 0. The van der Waals surface area contributed by atoms with Gasteiger partial charge in [0.25, 0.3) is 0 Å². The Morgan fingerprint density at radius 1 is 1.67 bits per heavy atom. The van der Waals surface area contributed by atoms with Gasteiger partial charge in [-0.15, -0.1) is 6.58 Å². The van der Waals surface area contributed by atoms with Crippen LogP contribution in [0.25, 0.3) is 0 Å². The maximum Gasteiger partial charge on any atom is 0.0194 e. The molecule has 0 radical (unpaired) electrons. The molecule has 1 N–H and O–H groups in total. The van der Waals surface area contributed by atoms with E-state index in [1.165, 1.54) is 5.57 Å². The standard InChI is InChI=1S/C10H18N2/c1-4-5-12(3)8-9(2)10-6-11-7-10/h4,11H,1,5-8H2,2-3H3. The molecule has 1 saturated heterocycles. The number of nitrogens with zero attached hydrogens (tertiary/aromatic N) is 1. The second-order valence-corrected chi connectivity index (χ2v) is 3.47. The molecule has 0 aromatic rings. The molecule has 1 aliphatic rings. The maximum atomic E-state index is 3.72. The third kappa shape index (κ3) is 2.47. The van der Waals surface area contributed by atoms with Crippen molar-refractivity contribution in [2.24, 2.45) is 0 Å². The van der Waals surface area contributed by atoms with Crippen molar-refractivity contribution in [1.82, 2.24) is 10.2 Å². The van der Waals surface area contributed by atoms with Crippen molar-refractivity contribution in [2.75, 3.05) is 33.2 Å². The van der Waals surface area contributed by atoms with E-state index in [4.69, 9.17) is 0 Å². The first-order chi connectivity index (χ1) is 5.74. The second kappa shape index (κ2) is 4.43. The molecular formula is C10H18N2. The van der Waals surface area contributed by atoms with Crippen molar-refractivity contribution in [3.05, 3.63) is 23.8 Å². The van der Waals surface area contributed by atoms with Crippen molar-refractivity contribution in [3.8, 4) is 0 Å². The van der Waals surface area contributed by atoms with E-state index in [0.717, 1.165) is 26.2 Å². The SMILES string of the molecule is C=CCN(C)CC(C)=C1CNC1. The van der Waals surface area contributed by atoms with Crippen LogP contribution >= 0.6 is 0 Å². The zero-order valence-electron chi connectivity index (χ0n) is 8.06. The molecule has 0 saturated carbocycles. The van der Waals surface area contributed by atoms with Crippen LogP contribution in [0.2, 0.25) is 0 Å². The van der Waals surface area contributed by atoms with Crippen LogP contribution in [0.5, 0.6) is 0 Å². The fourth-order valence-electron chi connectivity index (χ4n) is 1.35. The minimum absolute atomic E-state index is 0.970. The van der Waals surface area contributed by atoms with Crippen LogP contribution < -0.4 is 5.32 Å². The van der Waals surface area contributed by atoms with E-state index < -0.39 is 0 Å². The molecule has 0 spiro atoms.